The summed E-state index contributed by atoms with van der Waals surface area (Å²) >= 11 is 0. The fourth-order valence-corrected chi connectivity index (χ4v) is 3.27. The fourth-order valence-electron chi connectivity index (χ4n) is 3.27. The molecule has 28 heavy (non-hydrogen) atoms. The molecule has 146 valence electrons. The van der Waals surface area contributed by atoms with Crippen LogP contribution in [0.2, 0.25) is 0 Å². The van der Waals surface area contributed by atoms with E-state index >= 15 is 0 Å². The average Bonchev–Trinajstić information content (AvgIpc) is 3.26. The maximum Gasteiger partial charge on any atom is 0.573 e. The lowest BCUT2D eigenvalue weighted by atomic mass is 10.0. The standard InChI is InChI=1S/C19H18F3N5O/c1-3-26-12-23-18-16(13-8-24-25(2)9-13)10-27(11-17(18)26)14-4-6-15(7-5-14)28-19(20,21)22/h4-10,12H,3,11H2,1-2H3. The summed E-state index contributed by atoms with van der Waals surface area (Å²) in [5.41, 5.74) is 4.53. The van der Waals surface area contributed by atoms with E-state index in [0.717, 1.165) is 34.8 Å². The molecule has 0 radical (unpaired) electrons. The number of ether oxygens (including phenoxy) is 1. The highest BCUT2D eigenvalue weighted by molar-refractivity contribution is 5.82. The third-order valence-corrected chi connectivity index (χ3v) is 4.56. The lowest BCUT2D eigenvalue weighted by Gasteiger charge is -2.27. The summed E-state index contributed by atoms with van der Waals surface area (Å²) < 4.78 is 44.9. The molecule has 0 spiro atoms. The second-order valence-electron chi connectivity index (χ2n) is 6.44. The summed E-state index contributed by atoms with van der Waals surface area (Å²) in [4.78, 5) is 6.55. The normalized spacial score (nSPS) is 14.0. The SMILES string of the molecule is CCn1cnc2c1CN(c1ccc(OC(F)(F)F)cc1)C=C2c1cnn(C)c1. The number of hydrogen-bond acceptors (Lipinski definition) is 4. The first kappa shape index (κ1) is 18.1. The van der Waals surface area contributed by atoms with Crippen LogP contribution in [0.5, 0.6) is 5.75 Å². The number of imidazole rings is 1. The first-order valence-corrected chi connectivity index (χ1v) is 8.71. The fraction of sp³-hybridized carbons (Fsp3) is 0.263. The van der Waals surface area contributed by atoms with Crippen molar-refractivity contribution in [2.24, 2.45) is 7.05 Å². The molecule has 4 rings (SSSR count). The summed E-state index contributed by atoms with van der Waals surface area (Å²) in [6.07, 6.45) is 2.72. The second kappa shape index (κ2) is 6.74. The van der Waals surface area contributed by atoms with Crippen molar-refractivity contribution in [1.29, 1.82) is 0 Å². The quantitative estimate of drug-likeness (QED) is 0.678. The van der Waals surface area contributed by atoms with Gasteiger partial charge in [0.2, 0.25) is 0 Å². The zero-order valence-electron chi connectivity index (χ0n) is 15.3. The minimum Gasteiger partial charge on any atom is -0.406 e. The summed E-state index contributed by atoms with van der Waals surface area (Å²) in [6, 6.07) is 5.84. The topological polar surface area (TPSA) is 48.1 Å². The Labute approximate surface area is 159 Å². The Morgan fingerprint density at radius 1 is 1.18 bits per heavy atom. The summed E-state index contributed by atoms with van der Waals surface area (Å²) in [7, 11) is 1.84. The highest BCUT2D eigenvalue weighted by Crippen LogP contribution is 2.34. The van der Waals surface area contributed by atoms with Gasteiger partial charge in [0.15, 0.2) is 0 Å². The highest BCUT2D eigenvalue weighted by atomic mass is 19.4. The van der Waals surface area contributed by atoms with Crippen molar-refractivity contribution < 1.29 is 17.9 Å². The van der Waals surface area contributed by atoms with Crippen molar-refractivity contribution in [3.8, 4) is 5.75 Å². The van der Waals surface area contributed by atoms with E-state index in [2.05, 4.69) is 19.4 Å². The van der Waals surface area contributed by atoms with Crippen molar-refractivity contribution in [2.45, 2.75) is 26.4 Å². The predicted molar refractivity (Wildman–Crippen MR) is 97.5 cm³/mol. The van der Waals surface area contributed by atoms with Crippen LogP contribution in [-0.2, 0) is 20.1 Å². The first-order chi connectivity index (χ1) is 13.3. The molecule has 3 aromatic rings. The number of benzene rings is 1. The van der Waals surface area contributed by atoms with E-state index in [4.69, 9.17) is 0 Å². The molecule has 0 atom stereocenters. The number of rotatable bonds is 4. The van der Waals surface area contributed by atoms with E-state index in [1.54, 1.807) is 29.3 Å². The van der Waals surface area contributed by atoms with E-state index in [9.17, 15) is 13.2 Å². The Hall–Kier alpha value is -3.23. The summed E-state index contributed by atoms with van der Waals surface area (Å²) in [6.45, 7) is 3.37. The van der Waals surface area contributed by atoms with Crippen molar-refractivity contribution >= 4 is 11.3 Å². The van der Waals surface area contributed by atoms with Gasteiger partial charge in [-0.1, -0.05) is 0 Å². The molecule has 0 amide bonds. The molecule has 2 aromatic heterocycles. The van der Waals surface area contributed by atoms with Crippen LogP contribution in [0.3, 0.4) is 0 Å². The van der Waals surface area contributed by atoms with Gasteiger partial charge >= 0.3 is 6.36 Å². The molecular formula is C19H18F3N5O. The molecule has 6 nitrogen and oxygen atoms in total. The van der Waals surface area contributed by atoms with Gasteiger partial charge in [-0.15, -0.1) is 13.2 Å². The number of fused-ring (bicyclic) bond motifs is 1. The number of hydrogen-bond donors (Lipinski definition) is 0. The molecule has 0 saturated carbocycles. The van der Waals surface area contributed by atoms with Crippen LogP contribution < -0.4 is 9.64 Å². The molecule has 0 saturated heterocycles. The van der Waals surface area contributed by atoms with Gasteiger partial charge in [0.1, 0.15) is 5.75 Å². The Balaban J connectivity index is 1.71. The highest BCUT2D eigenvalue weighted by Gasteiger charge is 2.31. The Bertz CT molecular complexity index is 1020. The van der Waals surface area contributed by atoms with E-state index in [0.29, 0.717) is 6.54 Å². The Morgan fingerprint density at radius 3 is 2.54 bits per heavy atom. The molecule has 9 heteroatoms. The first-order valence-electron chi connectivity index (χ1n) is 8.71. The van der Waals surface area contributed by atoms with Gasteiger partial charge in [-0.2, -0.15) is 5.10 Å². The smallest absolute Gasteiger partial charge is 0.406 e. The van der Waals surface area contributed by atoms with Gasteiger partial charge < -0.3 is 14.2 Å². The van der Waals surface area contributed by atoms with Gasteiger partial charge in [0, 0.05) is 42.8 Å². The lowest BCUT2D eigenvalue weighted by molar-refractivity contribution is -0.274. The third-order valence-electron chi connectivity index (χ3n) is 4.56. The van der Waals surface area contributed by atoms with Crippen molar-refractivity contribution in [3.05, 3.63) is 66.1 Å². The molecule has 1 aromatic carbocycles. The largest absolute Gasteiger partial charge is 0.573 e. The number of aryl methyl sites for hydroxylation is 2. The maximum atomic E-state index is 12.4. The number of aromatic nitrogens is 4. The van der Waals surface area contributed by atoms with Crippen LogP contribution in [0.25, 0.3) is 5.57 Å². The van der Waals surface area contributed by atoms with E-state index in [-0.39, 0.29) is 5.75 Å². The van der Waals surface area contributed by atoms with Gasteiger partial charge in [-0.3, -0.25) is 4.68 Å². The summed E-state index contributed by atoms with van der Waals surface area (Å²) in [5, 5.41) is 4.23. The van der Waals surface area contributed by atoms with Crippen LogP contribution in [0, 0.1) is 0 Å². The van der Waals surface area contributed by atoms with Crippen LogP contribution in [0.15, 0.2) is 49.2 Å². The molecule has 0 aliphatic carbocycles. The van der Waals surface area contributed by atoms with Crippen LogP contribution in [-0.4, -0.2) is 25.7 Å². The van der Waals surface area contributed by atoms with Gasteiger partial charge in [0.05, 0.1) is 30.5 Å². The third kappa shape index (κ3) is 3.47. The van der Waals surface area contributed by atoms with Gasteiger partial charge in [0.25, 0.3) is 0 Å². The monoisotopic (exact) mass is 389 g/mol. The maximum absolute atomic E-state index is 12.4. The number of nitrogens with zero attached hydrogens (tertiary/aromatic N) is 5. The minimum absolute atomic E-state index is 0.246. The zero-order valence-corrected chi connectivity index (χ0v) is 15.3. The number of alkyl halides is 3. The van der Waals surface area contributed by atoms with E-state index in [1.165, 1.54) is 12.1 Å². The molecule has 3 heterocycles. The molecule has 0 unspecified atom stereocenters. The van der Waals surface area contributed by atoms with Crippen LogP contribution >= 0.6 is 0 Å². The van der Waals surface area contributed by atoms with Crippen LogP contribution in [0.4, 0.5) is 18.9 Å². The number of anilines is 1. The minimum atomic E-state index is -4.71. The zero-order chi connectivity index (χ0) is 19.9. The van der Waals surface area contributed by atoms with E-state index in [1.807, 2.05) is 31.3 Å². The van der Waals surface area contributed by atoms with Crippen LogP contribution in [0.1, 0.15) is 23.9 Å². The van der Waals surface area contributed by atoms with E-state index < -0.39 is 6.36 Å². The summed E-state index contributed by atoms with van der Waals surface area (Å²) in [5.74, 6) is -0.246. The number of halogens is 3. The van der Waals surface area contributed by atoms with Gasteiger partial charge in [-0.25, -0.2) is 4.98 Å². The Morgan fingerprint density at radius 2 is 1.93 bits per heavy atom. The molecule has 0 fully saturated rings. The predicted octanol–water partition coefficient (Wildman–Crippen LogP) is 3.94. The second-order valence-corrected chi connectivity index (χ2v) is 6.44. The van der Waals surface area contributed by atoms with Crippen molar-refractivity contribution in [1.82, 2.24) is 19.3 Å². The van der Waals surface area contributed by atoms with Gasteiger partial charge in [-0.05, 0) is 31.2 Å². The average molecular weight is 389 g/mol. The molecule has 0 bridgehead atoms. The van der Waals surface area contributed by atoms with Crippen molar-refractivity contribution in [3.63, 3.8) is 0 Å². The molecule has 1 aliphatic rings. The lowest BCUT2D eigenvalue weighted by Crippen LogP contribution is -2.23. The molecule has 0 N–H and O–H groups in total. The Kier molecular flexibility index (Phi) is 4.37. The van der Waals surface area contributed by atoms with Crippen molar-refractivity contribution in [2.75, 3.05) is 4.90 Å². The molecule has 1 aliphatic heterocycles. The molecular weight excluding hydrogens is 371 g/mol.